The first-order valence-electron chi connectivity index (χ1n) is 10.8. The molecule has 0 aromatic carbocycles. The van der Waals surface area contributed by atoms with E-state index in [1.165, 1.54) is 6.20 Å². The summed E-state index contributed by atoms with van der Waals surface area (Å²) in [6.07, 6.45) is 9.51. The fraction of sp³-hybridized carbons (Fsp3) is 0.478. The maximum Gasteiger partial charge on any atom is 0.225 e. The van der Waals surface area contributed by atoms with Gasteiger partial charge in [0.15, 0.2) is 17.5 Å². The van der Waals surface area contributed by atoms with E-state index in [2.05, 4.69) is 20.3 Å². The lowest BCUT2D eigenvalue weighted by Crippen LogP contribution is -2.48. The Morgan fingerprint density at radius 2 is 2.06 bits per heavy atom. The van der Waals surface area contributed by atoms with Crippen molar-refractivity contribution in [3.05, 3.63) is 52.5 Å². The minimum atomic E-state index is -0.511. The molecule has 1 atom stereocenters. The molecule has 2 fully saturated rings. The number of hydrogen-bond donors (Lipinski definition) is 1. The van der Waals surface area contributed by atoms with E-state index >= 15 is 0 Å². The second-order valence-electron chi connectivity index (χ2n) is 8.27. The van der Waals surface area contributed by atoms with Crippen LogP contribution in [0.4, 0.5) is 10.2 Å². The van der Waals surface area contributed by atoms with E-state index in [-0.39, 0.29) is 23.7 Å². The number of rotatable bonds is 5. The van der Waals surface area contributed by atoms with Crippen LogP contribution in [0.15, 0.2) is 24.5 Å². The first-order valence-corrected chi connectivity index (χ1v) is 11.2. The summed E-state index contributed by atoms with van der Waals surface area (Å²) in [4.78, 5) is 27.5. The standard InChI is InChI=1S/C23H27ClFN5O/c1-3-18(19-10-16(24)11-26-14(19)2)21-27-12-20(25)22(29-21)28-17-8-5-9-30(13-17)23(31)15-6-4-7-15/h3,10-12,15,17H,4-9,13H2,1-2H3,(H,27,28,29)/b18-3+/t17-/m1/s1. The average molecular weight is 444 g/mol. The summed E-state index contributed by atoms with van der Waals surface area (Å²) in [5, 5.41) is 3.73. The summed E-state index contributed by atoms with van der Waals surface area (Å²) in [6, 6.07) is 1.77. The Hall–Kier alpha value is -2.54. The number of carbonyl (C=O) groups excluding carboxylic acids is 1. The Kier molecular flexibility index (Phi) is 6.51. The summed E-state index contributed by atoms with van der Waals surface area (Å²) in [5.41, 5.74) is 2.33. The predicted octanol–water partition coefficient (Wildman–Crippen LogP) is 4.63. The molecule has 2 aromatic heterocycles. The molecule has 0 spiro atoms. The minimum Gasteiger partial charge on any atom is -0.363 e. The number of amides is 1. The zero-order chi connectivity index (χ0) is 22.0. The van der Waals surface area contributed by atoms with Gasteiger partial charge in [-0.2, -0.15) is 0 Å². The van der Waals surface area contributed by atoms with Gasteiger partial charge in [-0.15, -0.1) is 0 Å². The number of nitrogens with one attached hydrogen (secondary N) is 1. The van der Waals surface area contributed by atoms with Crippen LogP contribution in [0.25, 0.3) is 5.57 Å². The van der Waals surface area contributed by atoms with Gasteiger partial charge in [-0.3, -0.25) is 9.78 Å². The Labute approximate surface area is 186 Å². The molecule has 4 rings (SSSR count). The highest BCUT2D eigenvalue weighted by atomic mass is 35.5. The summed E-state index contributed by atoms with van der Waals surface area (Å²) < 4.78 is 14.6. The van der Waals surface area contributed by atoms with E-state index in [0.717, 1.165) is 55.5 Å². The molecular weight excluding hydrogens is 417 g/mol. The number of carbonyl (C=O) groups is 1. The molecule has 1 aliphatic heterocycles. The number of halogens is 2. The third-order valence-corrected chi connectivity index (χ3v) is 6.35. The molecule has 1 saturated carbocycles. The molecule has 0 radical (unpaired) electrons. The lowest BCUT2D eigenvalue weighted by molar-refractivity contribution is -0.139. The van der Waals surface area contributed by atoms with Gasteiger partial charge in [0.05, 0.1) is 11.2 Å². The molecule has 0 unspecified atom stereocenters. The van der Waals surface area contributed by atoms with Gasteiger partial charge in [-0.1, -0.05) is 24.1 Å². The topological polar surface area (TPSA) is 71.0 Å². The predicted molar refractivity (Wildman–Crippen MR) is 119 cm³/mol. The Morgan fingerprint density at radius 3 is 2.77 bits per heavy atom. The van der Waals surface area contributed by atoms with Crippen LogP contribution in [0.3, 0.4) is 0 Å². The molecule has 0 bridgehead atoms. The molecule has 8 heteroatoms. The molecule has 6 nitrogen and oxygen atoms in total. The lowest BCUT2D eigenvalue weighted by atomic mass is 9.84. The largest absolute Gasteiger partial charge is 0.363 e. The van der Waals surface area contributed by atoms with E-state index in [4.69, 9.17) is 11.6 Å². The zero-order valence-corrected chi connectivity index (χ0v) is 18.6. The van der Waals surface area contributed by atoms with Crippen molar-refractivity contribution >= 4 is 28.9 Å². The highest BCUT2D eigenvalue weighted by Crippen LogP contribution is 2.30. The van der Waals surface area contributed by atoms with Crippen LogP contribution in [0.1, 0.15) is 56.1 Å². The van der Waals surface area contributed by atoms with Crippen molar-refractivity contribution in [2.24, 2.45) is 5.92 Å². The van der Waals surface area contributed by atoms with Gasteiger partial charge in [0.2, 0.25) is 5.91 Å². The summed E-state index contributed by atoms with van der Waals surface area (Å²) >= 11 is 6.13. The summed E-state index contributed by atoms with van der Waals surface area (Å²) in [7, 11) is 0. The third-order valence-electron chi connectivity index (χ3n) is 6.15. The van der Waals surface area contributed by atoms with Crippen LogP contribution < -0.4 is 5.32 Å². The van der Waals surface area contributed by atoms with Crippen molar-refractivity contribution in [3.8, 4) is 0 Å². The SMILES string of the molecule is C/C=C(/c1ncc(F)c(N[C@@H]2CCCN(C(=O)C3CCC3)C2)n1)c1cc(Cl)cnc1C. The van der Waals surface area contributed by atoms with Gasteiger partial charge in [-0.05, 0) is 45.6 Å². The maximum atomic E-state index is 14.6. The first-order chi connectivity index (χ1) is 15.0. The van der Waals surface area contributed by atoms with Gasteiger partial charge in [0.25, 0.3) is 0 Å². The smallest absolute Gasteiger partial charge is 0.225 e. The molecule has 1 amide bonds. The van der Waals surface area contributed by atoms with E-state index in [9.17, 15) is 9.18 Å². The monoisotopic (exact) mass is 443 g/mol. The average Bonchev–Trinajstić information content (AvgIpc) is 2.72. The quantitative estimate of drug-likeness (QED) is 0.729. The van der Waals surface area contributed by atoms with E-state index in [1.54, 1.807) is 6.20 Å². The van der Waals surface area contributed by atoms with Crippen LogP contribution in [-0.2, 0) is 4.79 Å². The third kappa shape index (κ3) is 4.71. The molecular formula is C23H27ClFN5O. The molecule has 1 aliphatic carbocycles. The normalized spacial score (nSPS) is 19.8. The molecule has 164 valence electrons. The Balaban J connectivity index is 1.53. The van der Waals surface area contributed by atoms with Crippen molar-refractivity contribution in [1.29, 1.82) is 0 Å². The number of likely N-dealkylation sites (tertiary alicyclic amines) is 1. The molecule has 1 saturated heterocycles. The van der Waals surface area contributed by atoms with Gasteiger partial charge in [0.1, 0.15) is 0 Å². The molecule has 1 N–H and O–H groups in total. The number of anilines is 1. The maximum absolute atomic E-state index is 14.6. The number of piperidine rings is 1. The van der Waals surface area contributed by atoms with Crippen molar-refractivity contribution < 1.29 is 9.18 Å². The number of aromatic nitrogens is 3. The van der Waals surface area contributed by atoms with Crippen molar-refractivity contribution in [3.63, 3.8) is 0 Å². The highest BCUT2D eigenvalue weighted by Gasteiger charge is 2.32. The van der Waals surface area contributed by atoms with Crippen molar-refractivity contribution in [1.82, 2.24) is 19.9 Å². The number of hydrogen-bond acceptors (Lipinski definition) is 5. The fourth-order valence-electron chi connectivity index (χ4n) is 4.19. The second-order valence-corrected chi connectivity index (χ2v) is 8.71. The van der Waals surface area contributed by atoms with Crippen LogP contribution >= 0.6 is 11.6 Å². The molecule has 31 heavy (non-hydrogen) atoms. The number of aryl methyl sites for hydroxylation is 1. The van der Waals surface area contributed by atoms with Gasteiger partial charge >= 0.3 is 0 Å². The molecule has 3 heterocycles. The number of nitrogens with zero attached hydrogens (tertiary/aromatic N) is 4. The Morgan fingerprint density at radius 1 is 1.26 bits per heavy atom. The van der Waals surface area contributed by atoms with Crippen LogP contribution in [0.2, 0.25) is 5.02 Å². The van der Waals surface area contributed by atoms with Crippen LogP contribution in [0, 0.1) is 18.7 Å². The van der Waals surface area contributed by atoms with Gasteiger partial charge in [-0.25, -0.2) is 14.4 Å². The summed E-state index contributed by atoms with van der Waals surface area (Å²) in [5.74, 6) is 0.453. The van der Waals surface area contributed by atoms with Crippen molar-refractivity contribution in [2.75, 3.05) is 18.4 Å². The fourth-order valence-corrected chi connectivity index (χ4v) is 4.34. The van der Waals surface area contributed by atoms with Crippen molar-refractivity contribution in [2.45, 2.75) is 52.0 Å². The summed E-state index contributed by atoms with van der Waals surface area (Å²) in [6.45, 7) is 5.10. The van der Waals surface area contributed by atoms with E-state index in [1.807, 2.05) is 30.9 Å². The lowest BCUT2D eigenvalue weighted by Gasteiger charge is -2.37. The van der Waals surface area contributed by atoms with Crippen LogP contribution in [-0.4, -0.2) is 44.9 Å². The zero-order valence-electron chi connectivity index (χ0n) is 17.9. The van der Waals surface area contributed by atoms with Gasteiger partial charge < -0.3 is 10.2 Å². The Bertz CT molecular complexity index is 1010. The minimum absolute atomic E-state index is 0.0429. The second kappa shape index (κ2) is 9.30. The number of allylic oxidation sites excluding steroid dienone is 1. The molecule has 2 aromatic rings. The van der Waals surface area contributed by atoms with Crippen LogP contribution in [0.5, 0.6) is 0 Å². The van der Waals surface area contributed by atoms with Gasteiger partial charge in [0, 0.05) is 48.1 Å². The van der Waals surface area contributed by atoms with E-state index in [0.29, 0.717) is 17.4 Å². The number of pyridine rings is 1. The van der Waals surface area contributed by atoms with E-state index < -0.39 is 5.82 Å². The molecule has 2 aliphatic rings. The first kappa shape index (κ1) is 21.7. The highest BCUT2D eigenvalue weighted by molar-refractivity contribution is 6.30.